The van der Waals surface area contributed by atoms with Gasteiger partial charge in [-0.05, 0) is 53.1 Å². The fourth-order valence-electron chi connectivity index (χ4n) is 3.54. The third-order valence-corrected chi connectivity index (χ3v) is 5.92. The van der Waals surface area contributed by atoms with Gasteiger partial charge in [0.05, 0.1) is 12.0 Å². The smallest absolute Gasteiger partial charge is 0.315 e. The number of carbonyl (C=O) groups is 2. The van der Waals surface area contributed by atoms with E-state index >= 15 is 0 Å². The molecule has 0 spiro atoms. The minimum absolute atomic E-state index is 0.0121. The molecule has 1 N–H and O–H groups in total. The van der Waals surface area contributed by atoms with Crippen molar-refractivity contribution >= 4 is 35.1 Å². The molecule has 182 valence electrons. The van der Waals surface area contributed by atoms with Gasteiger partial charge in [-0.1, -0.05) is 65.7 Å². The lowest BCUT2D eigenvalue weighted by Gasteiger charge is -2.14. The predicted molar refractivity (Wildman–Crippen MR) is 135 cm³/mol. The van der Waals surface area contributed by atoms with Crippen LogP contribution in [0.2, 0.25) is 10.0 Å². The molecule has 0 unspecified atom stereocenters. The Balaban J connectivity index is 1.62. The lowest BCUT2D eigenvalue weighted by Crippen LogP contribution is -2.24. The molecule has 0 atom stereocenters. The number of benzene rings is 4. The van der Waals surface area contributed by atoms with Gasteiger partial charge in [-0.3, -0.25) is 9.59 Å². The first-order chi connectivity index (χ1) is 17.3. The minimum atomic E-state index is -0.784. The molecular formula is C28H19Cl2F2NO3. The number of hydrogen-bond donors (Lipinski definition) is 1. The largest absolute Gasteiger partial charge is 0.425 e. The molecule has 36 heavy (non-hydrogen) atoms. The molecule has 0 saturated heterocycles. The topological polar surface area (TPSA) is 55.4 Å². The zero-order valence-electron chi connectivity index (χ0n) is 18.7. The monoisotopic (exact) mass is 525 g/mol. The van der Waals surface area contributed by atoms with Gasteiger partial charge < -0.3 is 10.1 Å². The number of hydrogen-bond acceptors (Lipinski definition) is 3. The number of halogens is 4. The van der Waals surface area contributed by atoms with Gasteiger partial charge in [-0.15, -0.1) is 0 Å². The first-order valence-corrected chi connectivity index (χ1v) is 11.6. The third kappa shape index (κ3) is 6.27. The fourth-order valence-corrected chi connectivity index (χ4v) is 4.02. The summed E-state index contributed by atoms with van der Waals surface area (Å²) in [5.41, 5.74) is 1.80. The molecule has 4 nitrogen and oxygen atoms in total. The van der Waals surface area contributed by atoms with Crippen LogP contribution in [0.25, 0.3) is 11.1 Å². The first kappa shape index (κ1) is 25.4. The van der Waals surface area contributed by atoms with Crippen LogP contribution in [0, 0.1) is 11.6 Å². The molecule has 0 heterocycles. The van der Waals surface area contributed by atoms with Crippen LogP contribution in [-0.4, -0.2) is 11.9 Å². The molecule has 0 fully saturated rings. The molecular weight excluding hydrogens is 507 g/mol. The van der Waals surface area contributed by atoms with Gasteiger partial charge in [0, 0.05) is 28.2 Å². The summed E-state index contributed by atoms with van der Waals surface area (Å²) < 4.78 is 33.3. The van der Waals surface area contributed by atoms with Crippen LogP contribution in [0.1, 0.15) is 21.5 Å². The maximum Gasteiger partial charge on any atom is 0.315 e. The fraction of sp³-hybridized carbons (Fsp3) is 0.0714. The van der Waals surface area contributed by atoms with Crippen LogP contribution in [0.4, 0.5) is 8.78 Å². The second-order valence-corrected chi connectivity index (χ2v) is 8.73. The SMILES string of the molecule is O=C(Cc1ccc(Cl)cc1Cl)Oc1ccc(-c2ccc(F)cc2F)cc1C(=O)NCc1ccccc1. The lowest BCUT2D eigenvalue weighted by atomic mass is 10.0. The summed E-state index contributed by atoms with van der Waals surface area (Å²) in [5.74, 6) is -2.70. The van der Waals surface area contributed by atoms with Crippen molar-refractivity contribution in [2.45, 2.75) is 13.0 Å². The van der Waals surface area contributed by atoms with Crippen molar-refractivity contribution in [2.24, 2.45) is 0 Å². The van der Waals surface area contributed by atoms with E-state index in [1.165, 1.54) is 30.3 Å². The van der Waals surface area contributed by atoms with E-state index in [1.54, 1.807) is 12.1 Å². The molecule has 0 bridgehead atoms. The van der Waals surface area contributed by atoms with Gasteiger partial charge in [0.2, 0.25) is 0 Å². The van der Waals surface area contributed by atoms with E-state index in [4.69, 9.17) is 27.9 Å². The average Bonchev–Trinajstić information content (AvgIpc) is 2.85. The Hall–Kier alpha value is -3.74. The number of esters is 1. The highest BCUT2D eigenvalue weighted by molar-refractivity contribution is 6.35. The Morgan fingerprint density at radius 1 is 0.861 bits per heavy atom. The van der Waals surface area contributed by atoms with Crippen molar-refractivity contribution in [3.8, 4) is 16.9 Å². The van der Waals surface area contributed by atoms with Crippen molar-refractivity contribution < 1.29 is 23.1 Å². The zero-order chi connectivity index (χ0) is 25.7. The molecule has 0 aliphatic rings. The Morgan fingerprint density at radius 3 is 2.36 bits per heavy atom. The molecule has 0 aliphatic heterocycles. The molecule has 8 heteroatoms. The molecule has 4 aromatic carbocycles. The number of carbonyl (C=O) groups excluding carboxylic acids is 2. The van der Waals surface area contributed by atoms with Crippen LogP contribution < -0.4 is 10.1 Å². The van der Waals surface area contributed by atoms with E-state index < -0.39 is 23.5 Å². The molecule has 0 aromatic heterocycles. The van der Waals surface area contributed by atoms with Crippen LogP contribution in [0.15, 0.2) is 84.9 Å². The highest BCUT2D eigenvalue weighted by Crippen LogP contribution is 2.30. The molecule has 1 amide bonds. The summed E-state index contributed by atoms with van der Waals surface area (Å²) in [7, 11) is 0. The summed E-state index contributed by atoms with van der Waals surface area (Å²) >= 11 is 12.1. The zero-order valence-corrected chi connectivity index (χ0v) is 20.2. The van der Waals surface area contributed by atoms with E-state index in [0.29, 0.717) is 21.2 Å². The second-order valence-electron chi connectivity index (χ2n) is 7.89. The number of rotatable bonds is 7. The maximum absolute atomic E-state index is 14.4. The van der Waals surface area contributed by atoms with Gasteiger partial charge >= 0.3 is 5.97 Å². The Labute approximate surface area is 216 Å². The summed E-state index contributed by atoms with van der Waals surface area (Å²) in [6.07, 6.45) is -0.157. The van der Waals surface area contributed by atoms with E-state index in [-0.39, 0.29) is 29.8 Å². The number of nitrogens with one attached hydrogen (secondary N) is 1. The van der Waals surface area contributed by atoms with E-state index in [0.717, 1.165) is 17.7 Å². The standard InChI is InChI=1S/C28H19Cl2F2NO3/c29-20-8-6-19(24(30)14-20)13-27(34)36-26-11-7-18(22-10-9-21(31)15-25(22)32)12-23(26)28(35)33-16-17-4-2-1-3-5-17/h1-12,14-15H,13,16H2,(H,33,35). The van der Waals surface area contributed by atoms with Crippen LogP contribution in [0.3, 0.4) is 0 Å². The van der Waals surface area contributed by atoms with Crippen LogP contribution in [-0.2, 0) is 17.8 Å². The van der Waals surface area contributed by atoms with Crippen LogP contribution >= 0.6 is 23.2 Å². The van der Waals surface area contributed by atoms with Crippen molar-refractivity contribution in [3.05, 3.63) is 123 Å². The maximum atomic E-state index is 14.4. The molecule has 4 rings (SSSR count). The number of ether oxygens (including phenoxy) is 1. The highest BCUT2D eigenvalue weighted by atomic mass is 35.5. The highest BCUT2D eigenvalue weighted by Gasteiger charge is 2.19. The van der Waals surface area contributed by atoms with E-state index in [9.17, 15) is 18.4 Å². The quantitative estimate of drug-likeness (QED) is 0.208. The second kappa shape index (κ2) is 11.3. The summed E-state index contributed by atoms with van der Waals surface area (Å²) in [6, 6.07) is 21.4. The minimum Gasteiger partial charge on any atom is -0.425 e. The summed E-state index contributed by atoms with van der Waals surface area (Å²) in [5, 5.41) is 3.51. The van der Waals surface area contributed by atoms with Crippen LogP contribution in [0.5, 0.6) is 5.75 Å². The normalized spacial score (nSPS) is 10.7. The average molecular weight is 526 g/mol. The van der Waals surface area contributed by atoms with Gasteiger partial charge in [0.1, 0.15) is 17.4 Å². The van der Waals surface area contributed by atoms with Gasteiger partial charge in [-0.25, -0.2) is 8.78 Å². The Bertz CT molecular complexity index is 1430. The van der Waals surface area contributed by atoms with Crippen molar-refractivity contribution in [3.63, 3.8) is 0 Å². The molecule has 0 radical (unpaired) electrons. The third-order valence-electron chi connectivity index (χ3n) is 5.34. The Kier molecular flexibility index (Phi) is 7.98. The predicted octanol–water partition coefficient (Wildman–Crippen LogP) is 7.02. The summed E-state index contributed by atoms with van der Waals surface area (Å²) in [6.45, 7) is 0.225. The van der Waals surface area contributed by atoms with E-state index in [2.05, 4.69) is 5.32 Å². The van der Waals surface area contributed by atoms with Crippen molar-refractivity contribution in [1.82, 2.24) is 5.32 Å². The Morgan fingerprint density at radius 2 is 1.64 bits per heavy atom. The van der Waals surface area contributed by atoms with Crippen molar-refractivity contribution in [1.29, 1.82) is 0 Å². The van der Waals surface area contributed by atoms with Gasteiger partial charge in [0.25, 0.3) is 5.91 Å². The lowest BCUT2D eigenvalue weighted by molar-refractivity contribution is -0.133. The van der Waals surface area contributed by atoms with E-state index in [1.807, 2.05) is 30.3 Å². The van der Waals surface area contributed by atoms with Gasteiger partial charge in [0.15, 0.2) is 0 Å². The molecule has 4 aromatic rings. The molecule has 0 aliphatic carbocycles. The number of amides is 1. The summed E-state index contributed by atoms with van der Waals surface area (Å²) in [4.78, 5) is 25.8. The van der Waals surface area contributed by atoms with Gasteiger partial charge in [-0.2, -0.15) is 0 Å². The van der Waals surface area contributed by atoms with Crippen molar-refractivity contribution in [2.75, 3.05) is 0 Å². The molecule has 0 saturated carbocycles. The first-order valence-electron chi connectivity index (χ1n) is 10.9.